The summed E-state index contributed by atoms with van der Waals surface area (Å²) in [6.07, 6.45) is 5.66. The zero-order valence-corrected chi connectivity index (χ0v) is 19.5. The van der Waals surface area contributed by atoms with Gasteiger partial charge in [-0.15, -0.1) is 0 Å². The van der Waals surface area contributed by atoms with E-state index in [1.807, 2.05) is 33.2 Å². The van der Waals surface area contributed by atoms with Gasteiger partial charge in [-0.05, 0) is 75.4 Å². The summed E-state index contributed by atoms with van der Waals surface area (Å²) < 4.78 is 5.52. The monoisotopic (exact) mass is 433 g/mol. The molecule has 170 valence electrons. The molecule has 1 heterocycles. The molecule has 1 fully saturated rings. The fourth-order valence-corrected chi connectivity index (χ4v) is 4.43. The van der Waals surface area contributed by atoms with Crippen LogP contribution in [0.4, 0.5) is 11.8 Å². The number of anilines is 2. The van der Waals surface area contributed by atoms with Crippen molar-refractivity contribution in [3.8, 4) is 5.75 Å². The zero-order valence-electron chi connectivity index (χ0n) is 19.5. The van der Waals surface area contributed by atoms with Crippen LogP contribution in [0, 0.1) is 0 Å². The molecule has 0 radical (unpaired) electrons. The largest absolute Gasteiger partial charge is 0.494 e. The summed E-state index contributed by atoms with van der Waals surface area (Å²) >= 11 is 0. The highest BCUT2D eigenvalue weighted by atomic mass is 16.5. The molecule has 6 heteroatoms. The third kappa shape index (κ3) is 5.68. The van der Waals surface area contributed by atoms with Crippen molar-refractivity contribution < 1.29 is 4.74 Å². The van der Waals surface area contributed by atoms with Gasteiger partial charge < -0.3 is 20.3 Å². The molecule has 2 N–H and O–H groups in total. The van der Waals surface area contributed by atoms with Crippen molar-refractivity contribution in [2.24, 2.45) is 0 Å². The Morgan fingerprint density at radius 1 is 0.938 bits per heavy atom. The van der Waals surface area contributed by atoms with Crippen molar-refractivity contribution in [2.45, 2.75) is 51.1 Å². The van der Waals surface area contributed by atoms with Crippen LogP contribution in [0.5, 0.6) is 5.75 Å². The number of hydrogen-bond donors (Lipinski definition) is 2. The molecule has 32 heavy (non-hydrogen) atoms. The molecule has 1 aliphatic carbocycles. The molecule has 0 amide bonds. The van der Waals surface area contributed by atoms with Gasteiger partial charge in [-0.25, -0.2) is 4.98 Å². The second-order valence-electron chi connectivity index (χ2n) is 8.76. The number of hydrogen-bond acceptors (Lipinski definition) is 6. The lowest BCUT2D eigenvalue weighted by Gasteiger charge is -2.30. The first-order valence-corrected chi connectivity index (χ1v) is 11.8. The summed E-state index contributed by atoms with van der Waals surface area (Å²) in [5.41, 5.74) is 2.33. The topological polar surface area (TPSA) is 62.3 Å². The molecule has 0 unspecified atom stereocenters. The molecule has 6 nitrogen and oxygen atoms in total. The van der Waals surface area contributed by atoms with Crippen LogP contribution >= 0.6 is 0 Å². The molecular formula is C26H35N5O. The summed E-state index contributed by atoms with van der Waals surface area (Å²) in [7, 11) is 4.06. The number of aromatic nitrogens is 2. The average molecular weight is 434 g/mol. The first kappa shape index (κ1) is 22.3. The number of nitrogens with one attached hydrogen (secondary N) is 2. The molecule has 2 aromatic carbocycles. The maximum absolute atomic E-state index is 5.52. The normalized spacial score (nSPS) is 18.5. The molecule has 0 spiro atoms. The van der Waals surface area contributed by atoms with Crippen LogP contribution in [-0.2, 0) is 6.42 Å². The lowest BCUT2D eigenvalue weighted by Crippen LogP contribution is -2.38. The zero-order chi connectivity index (χ0) is 22.3. The highest BCUT2D eigenvalue weighted by Crippen LogP contribution is 2.26. The SMILES string of the molecule is CCOc1ccc(CCNC2CCC(Nc3nc(N(C)C)c4ccccc4n3)CC2)cc1. The summed E-state index contributed by atoms with van der Waals surface area (Å²) in [4.78, 5) is 11.6. The minimum Gasteiger partial charge on any atom is -0.494 e. The van der Waals surface area contributed by atoms with E-state index in [0.717, 1.165) is 54.2 Å². The van der Waals surface area contributed by atoms with Gasteiger partial charge in [0.15, 0.2) is 0 Å². The molecule has 0 saturated heterocycles. The molecular weight excluding hydrogens is 398 g/mol. The second kappa shape index (κ2) is 10.6. The van der Waals surface area contributed by atoms with E-state index in [1.54, 1.807) is 0 Å². The average Bonchev–Trinajstić information content (AvgIpc) is 2.81. The van der Waals surface area contributed by atoms with Crippen LogP contribution in [0.15, 0.2) is 48.5 Å². The van der Waals surface area contributed by atoms with Gasteiger partial charge in [0, 0.05) is 31.6 Å². The second-order valence-corrected chi connectivity index (χ2v) is 8.76. The van der Waals surface area contributed by atoms with Crippen molar-refractivity contribution in [3.63, 3.8) is 0 Å². The highest BCUT2D eigenvalue weighted by molar-refractivity contribution is 5.90. The van der Waals surface area contributed by atoms with E-state index in [9.17, 15) is 0 Å². The van der Waals surface area contributed by atoms with Gasteiger partial charge in [-0.3, -0.25) is 0 Å². The Morgan fingerprint density at radius 2 is 1.66 bits per heavy atom. The maximum Gasteiger partial charge on any atom is 0.225 e. The number of benzene rings is 2. The Balaban J connectivity index is 1.25. The van der Waals surface area contributed by atoms with Gasteiger partial charge >= 0.3 is 0 Å². The third-order valence-electron chi connectivity index (χ3n) is 6.15. The highest BCUT2D eigenvalue weighted by Gasteiger charge is 2.22. The predicted octanol–water partition coefficient (Wildman–Crippen LogP) is 4.65. The van der Waals surface area contributed by atoms with Gasteiger partial charge in [0.2, 0.25) is 5.95 Å². The van der Waals surface area contributed by atoms with Crippen LogP contribution in [0.1, 0.15) is 38.2 Å². The minimum absolute atomic E-state index is 0.426. The van der Waals surface area contributed by atoms with Crippen molar-refractivity contribution in [3.05, 3.63) is 54.1 Å². The Hall–Kier alpha value is -2.86. The van der Waals surface area contributed by atoms with Crippen LogP contribution in [-0.4, -0.2) is 49.3 Å². The molecule has 0 aliphatic heterocycles. The van der Waals surface area contributed by atoms with Gasteiger partial charge in [-0.2, -0.15) is 4.98 Å². The Bertz CT molecular complexity index is 997. The molecule has 0 atom stereocenters. The van der Waals surface area contributed by atoms with E-state index in [-0.39, 0.29) is 0 Å². The van der Waals surface area contributed by atoms with E-state index < -0.39 is 0 Å². The van der Waals surface area contributed by atoms with Gasteiger partial charge in [0.1, 0.15) is 11.6 Å². The van der Waals surface area contributed by atoms with Crippen molar-refractivity contribution in [2.75, 3.05) is 37.5 Å². The lowest BCUT2D eigenvalue weighted by molar-refractivity contribution is 0.340. The summed E-state index contributed by atoms with van der Waals surface area (Å²) in [5, 5.41) is 8.43. The standard InChI is InChI=1S/C26H35N5O/c1-4-32-22-15-9-19(10-16-22)17-18-27-20-11-13-21(14-12-20)28-26-29-24-8-6-5-7-23(24)25(30-26)31(2)3/h5-10,15-16,20-21,27H,4,11-14,17-18H2,1-3H3,(H,28,29,30). The Kier molecular flexibility index (Phi) is 7.43. The van der Waals surface area contributed by atoms with Crippen molar-refractivity contribution >= 4 is 22.7 Å². The molecule has 0 bridgehead atoms. The lowest BCUT2D eigenvalue weighted by atomic mass is 9.91. The molecule has 3 aromatic rings. The first-order chi connectivity index (χ1) is 15.6. The minimum atomic E-state index is 0.426. The van der Waals surface area contributed by atoms with E-state index in [4.69, 9.17) is 14.7 Å². The summed E-state index contributed by atoms with van der Waals surface area (Å²) in [6.45, 7) is 3.73. The molecule has 4 rings (SSSR count). The number of nitrogens with zero attached hydrogens (tertiary/aromatic N) is 3. The van der Waals surface area contributed by atoms with Crippen LogP contribution in [0.3, 0.4) is 0 Å². The van der Waals surface area contributed by atoms with Crippen molar-refractivity contribution in [1.82, 2.24) is 15.3 Å². The van der Waals surface area contributed by atoms with Crippen molar-refractivity contribution in [1.29, 1.82) is 0 Å². The van der Waals surface area contributed by atoms with Gasteiger partial charge in [0.25, 0.3) is 0 Å². The Morgan fingerprint density at radius 3 is 2.38 bits per heavy atom. The fraction of sp³-hybridized carbons (Fsp3) is 0.462. The number of ether oxygens (including phenoxy) is 1. The van der Waals surface area contributed by atoms with E-state index in [2.05, 4.69) is 51.9 Å². The van der Waals surface area contributed by atoms with Gasteiger partial charge in [-0.1, -0.05) is 24.3 Å². The van der Waals surface area contributed by atoms with Crippen LogP contribution < -0.4 is 20.3 Å². The smallest absolute Gasteiger partial charge is 0.225 e. The van der Waals surface area contributed by atoms with Crippen LogP contribution in [0.25, 0.3) is 10.9 Å². The number of fused-ring (bicyclic) bond motifs is 1. The predicted molar refractivity (Wildman–Crippen MR) is 133 cm³/mol. The summed E-state index contributed by atoms with van der Waals surface area (Å²) in [5.74, 6) is 2.64. The van der Waals surface area contributed by atoms with E-state index >= 15 is 0 Å². The molecule has 1 aromatic heterocycles. The van der Waals surface area contributed by atoms with E-state index in [0.29, 0.717) is 18.7 Å². The number of rotatable bonds is 9. The molecule has 1 saturated carbocycles. The van der Waals surface area contributed by atoms with Crippen LogP contribution in [0.2, 0.25) is 0 Å². The molecule has 1 aliphatic rings. The fourth-order valence-electron chi connectivity index (χ4n) is 4.43. The van der Waals surface area contributed by atoms with Gasteiger partial charge in [0.05, 0.1) is 12.1 Å². The Labute approximate surface area is 191 Å². The summed E-state index contributed by atoms with van der Waals surface area (Å²) in [6, 6.07) is 17.7. The van der Waals surface area contributed by atoms with E-state index in [1.165, 1.54) is 18.4 Å². The third-order valence-corrected chi connectivity index (χ3v) is 6.15. The first-order valence-electron chi connectivity index (χ1n) is 11.8. The maximum atomic E-state index is 5.52. The quantitative estimate of drug-likeness (QED) is 0.512. The number of para-hydroxylation sites is 1.